The largest absolute Gasteiger partial charge is 0.288 e. The number of halogens is 2. The van der Waals surface area contributed by atoms with Gasteiger partial charge < -0.3 is 0 Å². The average Bonchev–Trinajstić information content (AvgIpc) is 2.56. The van der Waals surface area contributed by atoms with Crippen LogP contribution < -0.4 is 5.32 Å². The maximum Gasteiger partial charge on any atom is 0.288 e. The van der Waals surface area contributed by atoms with Gasteiger partial charge in [0.15, 0.2) is 5.37 Å². The second-order valence-electron chi connectivity index (χ2n) is 3.19. The molecule has 1 aromatic carbocycles. The van der Waals surface area contributed by atoms with Crippen LogP contribution in [0.5, 0.6) is 0 Å². The number of amides is 2. The third-order valence-electron chi connectivity index (χ3n) is 1.98. The van der Waals surface area contributed by atoms with E-state index in [9.17, 15) is 9.59 Å². The maximum atomic E-state index is 11.2. The second-order valence-corrected chi connectivity index (χ2v) is 5.09. The molecule has 0 aromatic heterocycles. The molecule has 17 heavy (non-hydrogen) atoms. The number of rotatable bonds is 2. The van der Waals surface area contributed by atoms with Crippen LogP contribution in [0.25, 0.3) is 0 Å². The van der Waals surface area contributed by atoms with Gasteiger partial charge in [-0.15, -0.1) is 0 Å². The molecular weight excluding hydrogens is 283 g/mol. The van der Waals surface area contributed by atoms with Gasteiger partial charge in [0.1, 0.15) is 0 Å². The summed E-state index contributed by atoms with van der Waals surface area (Å²) in [6, 6.07) is 4.94. The number of hydrogen-bond donors (Lipinski definition) is 1. The van der Waals surface area contributed by atoms with Gasteiger partial charge in [-0.25, -0.2) is 0 Å². The summed E-state index contributed by atoms with van der Waals surface area (Å²) in [7, 11) is 0. The van der Waals surface area contributed by atoms with E-state index in [2.05, 4.69) is 10.3 Å². The fourth-order valence-electron chi connectivity index (χ4n) is 1.20. The van der Waals surface area contributed by atoms with E-state index in [-0.39, 0.29) is 5.24 Å². The van der Waals surface area contributed by atoms with Crippen LogP contribution in [0.15, 0.2) is 23.2 Å². The number of nitrogens with one attached hydrogen (secondary N) is 1. The van der Waals surface area contributed by atoms with Gasteiger partial charge in [-0.05, 0) is 23.9 Å². The smallest absolute Gasteiger partial charge is 0.284 e. The van der Waals surface area contributed by atoms with Crippen molar-refractivity contribution in [3.8, 4) is 0 Å². The van der Waals surface area contributed by atoms with E-state index in [0.29, 0.717) is 15.6 Å². The molecule has 1 unspecified atom stereocenters. The van der Waals surface area contributed by atoms with Gasteiger partial charge in [-0.1, -0.05) is 29.3 Å². The van der Waals surface area contributed by atoms with Gasteiger partial charge in [-0.3, -0.25) is 19.9 Å². The Morgan fingerprint density at radius 3 is 2.71 bits per heavy atom. The van der Waals surface area contributed by atoms with E-state index in [1.807, 2.05) is 0 Å². The molecule has 0 radical (unpaired) electrons. The predicted octanol–water partition coefficient (Wildman–Crippen LogP) is 2.72. The first-order valence-electron chi connectivity index (χ1n) is 4.56. The molecule has 88 valence electrons. The van der Waals surface area contributed by atoms with Crippen LogP contribution in [0.4, 0.5) is 4.79 Å². The molecule has 1 aliphatic rings. The van der Waals surface area contributed by atoms with Crippen molar-refractivity contribution in [2.24, 2.45) is 4.99 Å². The number of nitrogens with zero attached hydrogens (tertiary/aromatic N) is 1. The summed E-state index contributed by atoms with van der Waals surface area (Å²) in [6.07, 6.45) is 1.45. The van der Waals surface area contributed by atoms with Gasteiger partial charge in [0.25, 0.3) is 11.1 Å². The summed E-state index contributed by atoms with van der Waals surface area (Å²) >= 11 is 12.5. The molecule has 2 rings (SSSR count). The third kappa shape index (κ3) is 3.00. The van der Waals surface area contributed by atoms with Crippen LogP contribution >= 0.6 is 35.0 Å². The van der Waals surface area contributed by atoms with E-state index in [4.69, 9.17) is 23.2 Å². The van der Waals surface area contributed by atoms with E-state index in [1.54, 1.807) is 18.2 Å². The van der Waals surface area contributed by atoms with Crippen LogP contribution in [0.3, 0.4) is 0 Å². The fourth-order valence-corrected chi connectivity index (χ4v) is 2.31. The standard InChI is InChI=1S/C10H6Cl2N2O2S/c11-6-2-1-5(7(12)3-6)4-13-9-8(15)14-10(16)17-9/h1-4,9H,(H,14,15,16). The Labute approximate surface area is 111 Å². The summed E-state index contributed by atoms with van der Waals surface area (Å²) in [5.74, 6) is -0.415. The van der Waals surface area contributed by atoms with Crippen molar-refractivity contribution < 1.29 is 9.59 Å². The first kappa shape index (κ1) is 12.4. The van der Waals surface area contributed by atoms with Gasteiger partial charge in [0.05, 0.1) is 5.02 Å². The average molecular weight is 289 g/mol. The van der Waals surface area contributed by atoms with Gasteiger partial charge in [0.2, 0.25) is 0 Å². The number of aliphatic imine (C=N–C) groups is 1. The van der Waals surface area contributed by atoms with Crippen molar-refractivity contribution in [3.05, 3.63) is 33.8 Å². The van der Waals surface area contributed by atoms with Crippen molar-refractivity contribution in [1.29, 1.82) is 0 Å². The molecule has 4 nitrogen and oxygen atoms in total. The van der Waals surface area contributed by atoms with Crippen molar-refractivity contribution in [1.82, 2.24) is 5.32 Å². The molecule has 7 heteroatoms. The highest BCUT2D eigenvalue weighted by atomic mass is 35.5. The first-order chi connectivity index (χ1) is 8.06. The van der Waals surface area contributed by atoms with Crippen LogP contribution in [-0.4, -0.2) is 22.7 Å². The van der Waals surface area contributed by atoms with Crippen molar-refractivity contribution in [2.75, 3.05) is 0 Å². The van der Waals surface area contributed by atoms with Crippen molar-refractivity contribution in [3.63, 3.8) is 0 Å². The highest BCUT2D eigenvalue weighted by Gasteiger charge is 2.30. The van der Waals surface area contributed by atoms with E-state index >= 15 is 0 Å². The van der Waals surface area contributed by atoms with Crippen LogP contribution in [0, 0.1) is 0 Å². The lowest BCUT2D eigenvalue weighted by atomic mass is 10.2. The number of carbonyl (C=O) groups is 2. The van der Waals surface area contributed by atoms with Crippen molar-refractivity contribution in [2.45, 2.75) is 5.37 Å². The molecule has 1 fully saturated rings. The third-order valence-corrected chi connectivity index (χ3v) is 3.42. The summed E-state index contributed by atoms with van der Waals surface area (Å²) in [5.41, 5.74) is 0.642. The Bertz CT molecular complexity index is 519. The lowest BCUT2D eigenvalue weighted by molar-refractivity contribution is -0.118. The Kier molecular flexibility index (Phi) is 3.71. The SMILES string of the molecule is O=C1NC(=O)C(N=Cc2ccc(Cl)cc2Cl)S1. The first-order valence-corrected chi connectivity index (χ1v) is 6.19. The molecule has 0 aliphatic carbocycles. The monoisotopic (exact) mass is 288 g/mol. The zero-order valence-electron chi connectivity index (χ0n) is 8.31. The Morgan fingerprint density at radius 2 is 2.12 bits per heavy atom. The molecule has 1 aliphatic heterocycles. The van der Waals surface area contributed by atoms with E-state index in [0.717, 1.165) is 11.8 Å². The molecular formula is C10H6Cl2N2O2S. The Balaban J connectivity index is 2.15. The number of carbonyl (C=O) groups excluding carboxylic acids is 2. The zero-order valence-corrected chi connectivity index (χ0v) is 10.6. The van der Waals surface area contributed by atoms with Gasteiger partial charge in [-0.2, -0.15) is 0 Å². The zero-order chi connectivity index (χ0) is 12.4. The highest BCUT2D eigenvalue weighted by Crippen LogP contribution is 2.22. The maximum absolute atomic E-state index is 11.2. The van der Waals surface area contributed by atoms with Gasteiger partial charge >= 0.3 is 0 Å². The van der Waals surface area contributed by atoms with Gasteiger partial charge in [0, 0.05) is 16.8 Å². The predicted molar refractivity (Wildman–Crippen MR) is 69.0 cm³/mol. The Morgan fingerprint density at radius 1 is 1.35 bits per heavy atom. The Hall–Kier alpha value is -1.04. The molecule has 1 atom stereocenters. The summed E-state index contributed by atoms with van der Waals surface area (Å²) in [6.45, 7) is 0. The van der Waals surface area contributed by atoms with Crippen LogP contribution in [0.2, 0.25) is 10.0 Å². The molecule has 0 bridgehead atoms. The van der Waals surface area contributed by atoms with Crippen molar-refractivity contribution >= 4 is 52.3 Å². The number of hydrogen-bond acceptors (Lipinski definition) is 4. The minimum absolute atomic E-state index is 0.389. The molecule has 1 saturated heterocycles. The lowest BCUT2D eigenvalue weighted by Crippen LogP contribution is -2.23. The topological polar surface area (TPSA) is 58.5 Å². The summed E-state index contributed by atoms with van der Waals surface area (Å²) in [4.78, 5) is 26.1. The quantitative estimate of drug-likeness (QED) is 0.852. The summed E-state index contributed by atoms with van der Waals surface area (Å²) in [5, 5.41) is 1.98. The minimum Gasteiger partial charge on any atom is -0.284 e. The number of thioether (sulfide) groups is 1. The fraction of sp³-hybridized carbons (Fsp3) is 0.100. The highest BCUT2D eigenvalue weighted by molar-refractivity contribution is 8.15. The minimum atomic E-state index is -0.741. The number of imide groups is 1. The van der Waals surface area contributed by atoms with Crippen LogP contribution in [-0.2, 0) is 4.79 Å². The molecule has 0 spiro atoms. The normalized spacial score (nSPS) is 20.0. The molecule has 1 aromatic rings. The lowest BCUT2D eigenvalue weighted by Gasteiger charge is -2.00. The molecule has 1 N–H and O–H groups in total. The van der Waals surface area contributed by atoms with E-state index in [1.165, 1.54) is 6.21 Å². The van der Waals surface area contributed by atoms with Crippen LogP contribution in [0.1, 0.15) is 5.56 Å². The second kappa shape index (κ2) is 5.08. The molecule has 1 heterocycles. The molecule has 2 amide bonds. The summed E-state index contributed by atoms with van der Waals surface area (Å²) < 4.78 is 0. The molecule has 0 saturated carbocycles. The van der Waals surface area contributed by atoms with E-state index < -0.39 is 11.3 Å². The number of benzene rings is 1.